The molecule has 0 radical (unpaired) electrons. The lowest BCUT2D eigenvalue weighted by Crippen LogP contribution is -2.36. The molecule has 0 bridgehead atoms. The zero-order valence-corrected chi connectivity index (χ0v) is 16.0. The summed E-state index contributed by atoms with van der Waals surface area (Å²) in [5.41, 5.74) is 6.32. The number of hydrogen-bond donors (Lipinski definition) is 3. The van der Waals surface area contributed by atoms with E-state index in [9.17, 15) is 9.59 Å². The summed E-state index contributed by atoms with van der Waals surface area (Å²) in [6, 6.07) is 13.6. The Bertz CT molecular complexity index is 772. The van der Waals surface area contributed by atoms with Gasteiger partial charge in [0.05, 0.1) is 5.56 Å². The summed E-state index contributed by atoms with van der Waals surface area (Å²) in [6.07, 6.45) is 2.01. The first kappa shape index (κ1) is 20.3. The van der Waals surface area contributed by atoms with Crippen molar-refractivity contribution in [2.75, 3.05) is 5.32 Å². The van der Waals surface area contributed by atoms with Crippen LogP contribution in [0.15, 0.2) is 48.5 Å². The van der Waals surface area contributed by atoms with Crippen LogP contribution in [0, 0.1) is 5.92 Å². The molecule has 0 aromatic heterocycles. The summed E-state index contributed by atoms with van der Waals surface area (Å²) in [4.78, 5) is 23.5. The van der Waals surface area contributed by atoms with Crippen molar-refractivity contribution in [3.8, 4) is 11.5 Å². The minimum Gasteiger partial charge on any atom is -0.457 e. The van der Waals surface area contributed by atoms with Gasteiger partial charge in [0.25, 0.3) is 5.91 Å². The van der Waals surface area contributed by atoms with Crippen LogP contribution in [0.4, 0.5) is 10.5 Å². The van der Waals surface area contributed by atoms with E-state index >= 15 is 0 Å². The minimum absolute atomic E-state index is 0.111. The van der Waals surface area contributed by atoms with E-state index in [1.807, 2.05) is 6.92 Å². The predicted octanol–water partition coefficient (Wildman–Crippen LogP) is 4.52. The molecule has 27 heavy (non-hydrogen) atoms. The first-order valence-electron chi connectivity index (χ1n) is 9.09. The van der Waals surface area contributed by atoms with Gasteiger partial charge in [-0.3, -0.25) is 4.79 Å². The third-order valence-electron chi connectivity index (χ3n) is 4.05. The first-order chi connectivity index (χ1) is 12.8. The van der Waals surface area contributed by atoms with E-state index in [-0.39, 0.29) is 12.1 Å². The fourth-order valence-electron chi connectivity index (χ4n) is 2.54. The molecule has 1 unspecified atom stereocenters. The fraction of sp³-hybridized carbons (Fsp3) is 0.333. The van der Waals surface area contributed by atoms with E-state index < -0.39 is 5.91 Å². The summed E-state index contributed by atoms with van der Waals surface area (Å²) in [6.45, 7) is 6.32. The number of nitrogens with two attached hydrogens (primary N) is 1. The second-order valence-corrected chi connectivity index (χ2v) is 6.96. The molecule has 2 aromatic carbocycles. The van der Waals surface area contributed by atoms with E-state index in [1.54, 1.807) is 48.5 Å². The standard InChI is InChI=1S/C21H27N3O3/c1-14(2)8-9-15(3)23-21(26)24-16-10-12-17(13-11-16)27-19-7-5-4-6-18(19)20(22)25/h4-7,10-15H,8-9H2,1-3H3,(H2,22,25)(H2,23,24,26). The molecule has 0 aliphatic carbocycles. The lowest BCUT2D eigenvalue weighted by molar-refractivity contribution is 0.0998. The van der Waals surface area contributed by atoms with Crippen LogP contribution in [0.25, 0.3) is 0 Å². The summed E-state index contributed by atoms with van der Waals surface area (Å²) >= 11 is 0. The summed E-state index contributed by atoms with van der Waals surface area (Å²) in [5, 5.41) is 5.73. The maximum atomic E-state index is 12.1. The van der Waals surface area contributed by atoms with Gasteiger partial charge in [0.1, 0.15) is 11.5 Å². The highest BCUT2D eigenvalue weighted by Gasteiger charge is 2.10. The molecule has 3 amide bonds. The Morgan fingerprint density at radius 1 is 1.00 bits per heavy atom. The Balaban J connectivity index is 1.92. The summed E-state index contributed by atoms with van der Waals surface area (Å²) in [5.74, 6) is 0.999. The number of benzene rings is 2. The number of hydrogen-bond acceptors (Lipinski definition) is 3. The number of nitrogens with one attached hydrogen (secondary N) is 2. The van der Waals surface area contributed by atoms with Crippen molar-refractivity contribution in [1.29, 1.82) is 0 Å². The van der Waals surface area contributed by atoms with Crippen LogP contribution < -0.4 is 21.1 Å². The van der Waals surface area contributed by atoms with Gasteiger partial charge in [0.15, 0.2) is 0 Å². The normalized spacial score (nSPS) is 11.7. The Hall–Kier alpha value is -3.02. The van der Waals surface area contributed by atoms with Crippen molar-refractivity contribution in [2.45, 2.75) is 39.7 Å². The molecule has 0 aliphatic heterocycles. The van der Waals surface area contributed by atoms with Crippen LogP contribution in [0.5, 0.6) is 11.5 Å². The fourth-order valence-corrected chi connectivity index (χ4v) is 2.54. The van der Waals surface area contributed by atoms with Crippen LogP contribution in [0.3, 0.4) is 0 Å². The molecule has 0 spiro atoms. The molecule has 0 saturated heterocycles. The topological polar surface area (TPSA) is 93.4 Å². The van der Waals surface area contributed by atoms with E-state index in [0.29, 0.717) is 28.7 Å². The van der Waals surface area contributed by atoms with E-state index in [2.05, 4.69) is 24.5 Å². The lowest BCUT2D eigenvalue weighted by atomic mass is 10.0. The Morgan fingerprint density at radius 3 is 2.30 bits per heavy atom. The number of primary amides is 1. The van der Waals surface area contributed by atoms with E-state index in [4.69, 9.17) is 10.5 Å². The lowest BCUT2D eigenvalue weighted by Gasteiger charge is -2.16. The second-order valence-electron chi connectivity index (χ2n) is 6.96. The van der Waals surface area contributed by atoms with Crippen LogP contribution >= 0.6 is 0 Å². The quantitative estimate of drug-likeness (QED) is 0.638. The zero-order chi connectivity index (χ0) is 19.8. The molecular formula is C21H27N3O3. The Labute approximate surface area is 160 Å². The number of ether oxygens (including phenoxy) is 1. The van der Waals surface area contributed by atoms with Crippen LogP contribution in [0.2, 0.25) is 0 Å². The number of carbonyl (C=O) groups is 2. The maximum absolute atomic E-state index is 12.1. The third kappa shape index (κ3) is 6.66. The Kier molecular flexibility index (Phi) is 7.23. The SMILES string of the molecule is CC(C)CCC(C)NC(=O)Nc1ccc(Oc2ccccc2C(N)=O)cc1. The van der Waals surface area contributed by atoms with Gasteiger partial charge in [-0.15, -0.1) is 0 Å². The predicted molar refractivity (Wildman–Crippen MR) is 107 cm³/mol. The van der Waals surface area contributed by atoms with Crippen LogP contribution in [-0.2, 0) is 0 Å². The average molecular weight is 369 g/mol. The van der Waals surface area contributed by atoms with Gasteiger partial charge in [-0.1, -0.05) is 26.0 Å². The van der Waals surface area contributed by atoms with Gasteiger partial charge in [-0.25, -0.2) is 4.79 Å². The smallest absolute Gasteiger partial charge is 0.319 e. The van der Waals surface area contributed by atoms with Gasteiger partial charge in [-0.2, -0.15) is 0 Å². The highest BCUT2D eigenvalue weighted by molar-refractivity contribution is 5.95. The van der Waals surface area contributed by atoms with Crippen molar-refractivity contribution in [3.05, 3.63) is 54.1 Å². The summed E-state index contributed by atoms with van der Waals surface area (Å²) in [7, 11) is 0. The van der Waals surface area contributed by atoms with E-state index in [0.717, 1.165) is 12.8 Å². The molecule has 2 aromatic rings. The van der Waals surface area contributed by atoms with Crippen LogP contribution in [-0.4, -0.2) is 18.0 Å². The number of para-hydroxylation sites is 1. The highest BCUT2D eigenvalue weighted by atomic mass is 16.5. The number of carbonyl (C=O) groups excluding carboxylic acids is 2. The van der Waals surface area contributed by atoms with Crippen molar-refractivity contribution >= 4 is 17.6 Å². The molecule has 144 valence electrons. The molecule has 6 nitrogen and oxygen atoms in total. The molecule has 0 heterocycles. The molecule has 0 fully saturated rings. The molecule has 0 aliphatic rings. The number of amides is 3. The van der Waals surface area contributed by atoms with Crippen molar-refractivity contribution in [1.82, 2.24) is 5.32 Å². The van der Waals surface area contributed by atoms with Gasteiger partial charge in [0.2, 0.25) is 0 Å². The highest BCUT2D eigenvalue weighted by Crippen LogP contribution is 2.26. The average Bonchev–Trinajstić information content (AvgIpc) is 2.62. The minimum atomic E-state index is -0.549. The largest absolute Gasteiger partial charge is 0.457 e. The first-order valence-corrected chi connectivity index (χ1v) is 9.09. The van der Waals surface area contributed by atoms with E-state index in [1.165, 1.54) is 0 Å². The monoisotopic (exact) mass is 369 g/mol. The maximum Gasteiger partial charge on any atom is 0.319 e. The van der Waals surface area contributed by atoms with Gasteiger partial charge < -0.3 is 21.1 Å². The molecule has 0 saturated carbocycles. The third-order valence-corrected chi connectivity index (χ3v) is 4.05. The summed E-state index contributed by atoms with van der Waals surface area (Å²) < 4.78 is 5.72. The zero-order valence-electron chi connectivity index (χ0n) is 16.0. The number of urea groups is 1. The molecule has 1 atom stereocenters. The molecule has 4 N–H and O–H groups in total. The molecule has 6 heteroatoms. The van der Waals surface area contributed by atoms with Crippen LogP contribution in [0.1, 0.15) is 44.0 Å². The number of rotatable bonds is 8. The van der Waals surface area contributed by atoms with Gasteiger partial charge in [0, 0.05) is 11.7 Å². The second kappa shape index (κ2) is 9.62. The molecular weight excluding hydrogens is 342 g/mol. The van der Waals surface area contributed by atoms with Crippen molar-refractivity contribution in [3.63, 3.8) is 0 Å². The number of anilines is 1. The van der Waals surface area contributed by atoms with Crippen molar-refractivity contribution in [2.24, 2.45) is 11.7 Å². The molecule has 2 rings (SSSR count). The van der Waals surface area contributed by atoms with Crippen molar-refractivity contribution < 1.29 is 14.3 Å². The Morgan fingerprint density at radius 2 is 1.67 bits per heavy atom. The van der Waals surface area contributed by atoms with Gasteiger partial charge >= 0.3 is 6.03 Å². The van der Waals surface area contributed by atoms with Gasteiger partial charge in [-0.05, 0) is 62.1 Å².